The van der Waals surface area contributed by atoms with Gasteiger partial charge in [-0.3, -0.25) is 4.68 Å². The summed E-state index contributed by atoms with van der Waals surface area (Å²) >= 11 is 3.58. The lowest BCUT2D eigenvalue weighted by Crippen LogP contribution is -2.15. The van der Waals surface area contributed by atoms with E-state index in [2.05, 4.69) is 21.0 Å². The number of rotatable bonds is 6. The van der Waals surface area contributed by atoms with Gasteiger partial charge in [0, 0.05) is 13.7 Å². The number of aromatic nitrogens is 2. The number of methoxy groups -OCH3 is 1. The average molecular weight is 353 g/mol. The summed E-state index contributed by atoms with van der Waals surface area (Å²) in [6, 6.07) is 8.00. The molecule has 5 heteroatoms. The fourth-order valence-corrected chi connectivity index (χ4v) is 2.97. The van der Waals surface area contributed by atoms with E-state index in [0.29, 0.717) is 0 Å². The first-order valence-electron chi connectivity index (χ1n) is 6.97. The molecule has 1 heterocycles. The van der Waals surface area contributed by atoms with Crippen LogP contribution in [0.3, 0.4) is 0 Å². The van der Waals surface area contributed by atoms with Gasteiger partial charge in [-0.15, -0.1) is 0 Å². The molecule has 0 fully saturated rings. The van der Waals surface area contributed by atoms with Gasteiger partial charge in [0.1, 0.15) is 5.75 Å². The van der Waals surface area contributed by atoms with E-state index in [1.807, 2.05) is 42.9 Å². The molecule has 1 aromatic carbocycles. The van der Waals surface area contributed by atoms with Crippen LogP contribution in [-0.2, 0) is 19.9 Å². The van der Waals surface area contributed by atoms with Crippen molar-refractivity contribution in [3.8, 4) is 5.75 Å². The second kappa shape index (κ2) is 7.09. The lowest BCUT2D eigenvalue weighted by molar-refractivity contribution is 0.223. The number of nitrogens with zero attached hydrogens (tertiary/aromatic N) is 2. The van der Waals surface area contributed by atoms with Gasteiger partial charge < -0.3 is 9.84 Å². The Kier molecular flexibility index (Phi) is 5.42. The van der Waals surface area contributed by atoms with E-state index in [9.17, 15) is 5.11 Å². The minimum Gasteiger partial charge on any atom is -0.497 e. The number of aliphatic hydroxyl groups excluding tert-OH is 1. The molecule has 114 valence electrons. The molecule has 1 unspecified atom stereocenters. The molecule has 0 saturated carbocycles. The maximum atomic E-state index is 9.67. The molecule has 0 aliphatic heterocycles. The van der Waals surface area contributed by atoms with Crippen molar-refractivity contribution in [2.75, 3.05) is 13.7 Å². The van der Waals surface area contributed by atoms with Gasteiger partial charge in [0.25, 0.3) is 0 Å². The normalized spacial score (nSPS) is 12.4. The Hall–Kier alpha value is -1.33. The predicted molar refractivity (Wildman–Crippen MR) is 86.6 cm³/mol. The van der Waals surface area contributed by atoms with Crippen LogP contribution in [0.4, 0.5) is 0 Å². The van der Waals surface area contributed by atoms with Crippen LogP contribution in [0.15, 0.2) is 28.7 Å². The van der Waals surface area contributed by atoms with E-state index in [-0.39, 0.29) is 12.5 Å². The van der Waals surface area contributed by atoms with Crippen molar-refractivity contribution >= 4 is 15.9 Å². The Morgan fingerprint density at radius 2 is 1.95 bits per heavy atom. The fourth-order valence-electron chi connectivity index (χ4n) is 2.47. The molecule has 0 aliphatic carbocycles. The highest BCUT2D eigenvalue weighted by Gasteiger charge is 2.17. The molecule has 1 atom stereocenters. The lowest BCUT2D eigenvalue weighted by Gasteiger charge is -2.15. The van der Waals surface area contributed by atoms with Gasteiger partial charge in [0.2, 0.25) is 0 Å². The lowest BCUT2D eigenvalue weighted by atomic mass is 9.95. The van der Waals surface area contributed by atoms with Gasteiger partial charge in [-0.2, -0.15) is 5.10 Å². The number of aliphatic hydroxyl groups is 1. The zero-order valence-corrected chi connectivity index (χ0v) is 14.2. The summed E-state index contributed by atoms with van der Waals surface area (Å²) in [7, 11) is 3.60. The number of hydrogen-bond donors (Lipinski definition) is 1. The van der Waals surface area contributed by atoms with E-state index in [4.69, 9.17) is 4.74 Å². The highest BCUT2D eigenvalue weighted by molar-refractivity contribution is 9.10. The van der Waals surface area contributed by atoms with Gasteiger partial charge in [-0.1, -0.05) is 12.1 Å². The van der Waals surface area contributed by atoms with Gasteiger partial charge in [-0.05, 0) is 59.3 Å². The third-order valence-corrected chi connectivity index (χ3v) is 4.72. The third-order valence-electron chi connectivity index (χ3n) is 3.69. The molecule has 0 spiro atoms. The van der Waals surface area contributed by atoms with E-state index >= 15 is 0 Å². The van der Waals surface area contributed by atoms with Gasteiger partial charge in [0.15, 0.2) is 0 Å². The van der Waals surface area contributed by atoms with Crippen molar-refractivity contribution in [3.63, 3.8) is 0 Å². The van der Waals surface area contributed by atoms with Crippen LogP contribution >= 0.6 is 15.9 Å². The number of hydrogen-bond acceptors (Lipinski definition) is 3. The van der Waals surface area contributed by atoms with E-state index in [0.717, 1.165) is 34.5 Å². The van der Waals surface area contributed by atoms with Crippen molar-refractivity contribution in [1.29, 1.82) is 0 Å². The quantitative estimate of drug-likeness (QED) is 0.869. The monoisotopic (exact) mass is 352 g/mol. The second-order valence-corrected chi connectivity index (χ2v) is 6.07. The minimum absolute atomic E-state index is 0.155. The van der Waals surface area contributed by atoms with E-state index in [1.165, 1.54) is 5.56 Å². The molecule has 2 rings (SSSR count). The largest absolute Gasteiger partial charge is 0.497 e. The molecule has 0 radical (unpaired) electrons. The molecule has 1 N–H and O–H groups in total. The predicted octanol–water partition coefficient (Wildman–Crippen LogP) is 2.89. The summed E-state index contributed by atoms with van der Waals surface area (Å²) in [4.78, 5) is 0. The Morgan fingerprint density at radius 1 is 1.29 bits per heavy atom. The number of ether oxygens (including phenoxy) is 1. The molecule has 2 aromatic rings. The zero-order valence-electron chi connectivity index (χ0n) is 12.6. The van der Waals surface area contributed by atoms with Crippen molar-refractivity contribution in [3.05, 3.63) is 45.7 Å². The maximum Gasteiger partial charge on any atom is 0.118 e. The summed E-state index contributed by atoms with van der Waals surface area (Å²) in [6.45, 7) is 2.13. The SMILES string of the molecule is COc1ccc(CC(CO)Cc2c(Br)c(C)nn2C)cc1. The molecule has 0 saturated heterocycles. The maximum absolute atomic E-state index is 9.67. The Morgan fingerprint density at radius 3 is 2.43 bits per heavy atom. The van der Waals surface area contributed by atoms with Gasteiger partial charge >= 0.3 is 0 Å². The standard InChI is InChI=1S/C16H21BrN2O2/c1-11-16(17)15(19(2)18-11)9-13(10-20)8-12-4-6-14(21-3)7-5-12/h4-7,13,20H,8-10H2,1-3H3. The second-order valence-electron chi connectivity index (χ2n) is 5.27. The van der Waals surface area contributed by atoms with Gasteiger partial charge in [0.05, 0.1) is 23.0 Å². The molecule has 1 aromatic heterocycles. The molecular formula is C16H21BrN2O2. The van der Waals surface area contributed by atoms with Crippen LogP contribution in [0, 0.1) is 12.8 Å². The summed E-state index contributed by atoms with van der Waals surface area (Å²) in [5, 5.41) is 14.1. The van der Waals surface area contributed by atoms with Gasteiger partial charge in [-0.25, -0.2) is 0 Å². The minimum atomic E-state index is 0.155. The summed E-state index contributed by atoms with van der Waals surface area (Å²) < 4.78 is 8.09. The molecule has 0 aliphatic rings. The number of halogens is 1. The Labute approximate surface area is 133 Å². The topological polar surface area (TPSA) is 47.3 Å². The number of benzene rings is 1. The first-order valence-corrected chi connectivity index (χ1v) is 7.76. The van der Waals surface area contributed by atoms with Crippen LogP contribution in [-0.4, -0.2) is 28.6 Å². The van der Waals surface area contributed by atoms with Crippen LogP contribution in [0.25, 0.3) is 0 Å². The average Bonchev–Trinajstić information content (AvgIpc) is 2.73. The van der Waals surface area contributed by atoms with Crippen molar-refractivity contribution in [1.82, 2.24) is 9.78 Å². The first kappa shape index (κ1) is 16.0. The zero-order chi connectivity index (χ0) is 15.4. The molecule has 4 nitrogen and oxygen atoms in total. The van der Waals surface area contributed by atoms with E-state index < -0.39 is 0 Å². The van der Waals surface area contributed by atoms with Crippen LogP contribution in [0.2, 0.25) is 0 Å². The van der Waals surface area contributed by atoms with Crippen molar-refractivity contribution < 1.29 is 9.84 Å². The summed E-state index contributed by atoms with van der Waals surface area (Å²) in [5.41, 5.74) is 3.30. The highest BCUT2D eigenvalue weighted by Crippen LogP contribution is 2.24. The van der Waals surface area contributed by atoms with Crippen LogP contribution in [0.5, 0.6) is 5.75 Å². The highest BCUT2D eigenvalue weighted by atomic mass is 79.9. The summed E-state index contributed by atoms with van der Waals surface area (Å²) in [6.07, 6.45) is 1.62. The van der Waals surface area contributed by atoms with Crippen molar-refractivity contribution in [2.45, 2.75) is 19.8 Å². The van der Waals surface area contributed by atoms with Crippen LogP contribution < -0.4 is 4.74 Å². The van der Waals surface area contributed by atoms with Crippen molar-refractivity contribution in [2.24, 2.45) is 13.0 Å². The Bertz CT molecular complexity index is 593. The Balaban J connectivity index is 2.09. The number of aryl methyl sites for hydroxylation is 2. The first-order chi connectivity index (χ1) is 10.0. The summed E-state index contributed by atoms with van der Waals surface area (Å²) in [5.74, 6) is 1.02. The van der Waals surface area contributed by atoms with E-state index in [1.54, 1.807) is 7.11 Å². The molecule has 0 amide bonds. The third kappa shape index (κ3) is 3.86. The molecular weight excluding hydrogens is 332 g/mol. The van der Waals surface area contributed by atoms with Crippen LogP contribution in [0.1, 0.15) is 17.0 Å². The molecule has 0 bridgehead atoms. The smallest absolute Gasteiger partial charge is 0.118 e. The fraction of sp³-hybridized carbons (Fsp3) is 0.438. The molecule has 21 heavy (non-hydrogen) atoms.